The molecule has 7 aromatic carbocycles. The standard InChI is InChI=1S/C54H51BN2O/c1-34-28-44-51-48(29-34)57(39-23-20-35(21-24-39)52(2,3)4)47-27-22-36(53(5,6)7)30-46(47)55(51)45-33-50-42(32-43(45)54(44,8)9)41-26-25-40(31-49(41)58-50)56(37-16-12-10-13-17-37)38-18-14-11-15-19-38/h10-33H,1-9H3. The van der Waals surface area contributed by atoms with Crippen molar-refractivity contribution in [1.82, 2.24) is 0 Å². The third-order valence-corrected chi connectivity index (χ3v) is 12.8. The first-order chi connectivity index (χ1) is 27.7. The van der Waals surface area contributed by atoms with Gasteiger partial charge in [-0.1, -0.05) is 128 Å². The zero-order valence-corrected chi connectivity index (χ0v) is 35.2. The summed E-state index contributed by atoms with van der Waals surface area (Å²) in [6.07, 6.45) is 0. The highest BCUT2D eigenvalue weighted by molar-refractivity contribution is 6.99. The second kappa shape index (κ2) is 12.8. The van der Waals surface area contributed by atoms with E-state index in [1.54, 1.807) is 0 Å². The summed E-state index contributed by atoms with van der Waals surface area (Å²) in [4.78, 5) is 4.83. The summed E-state index contributed by atoms with van der Waals surface area (Å²) in [7, 11) is 0. The number of furan rings is 1. The predicted octanol–water partition coefficient (Wildman–Crippen LogP) is 12.9. The van der Waals surface area contributed by atoms with Crippen molar-refractivity contribution in [2.45, 2.75) is 78.6 Å². The van der Waals surface area contributed by atoms with Crippen molar-refractivity contribution < 1.29 is 4.42 Å². The molecule has 1 aromatic heterocycles. The summed E-state index contributed by atoms with van der Waals surface area (Å²) in [5, 5.41) is 2.30. The van der Waals surface area contributed by atoms with Crippen molar-refractivity contribution >= 4 is 79.2 Å². The van der Waals surface area contributed by atoms with Crippen LogP contribution in [-0.4, -0.2) is 6.71 Å². The van der Waals surface area contributed by atoms with Crippen LogP contribution in [0, 0.1) is 6.92 Å². The van der Waals surface area contributed by atoms with Crippen LogP contribution in [0.3, 0.4) is 0 Å². The number of hydrogen-bond donors (Lipinski definition) is 0. The minimum absolute atomic E-state index is 0.00481. The zero-order valence-electron chi connectivity index (χ0n) is 35.2. The molecular formula is C54H51BN2O. The lowest BCUT2D eigenvalue weighted by molar-refractivity contribution is 0.590. The number of nitrogens with zero attached hydrogens (tertiary/aromatic N) is 2. The SMILES string of the molecule is Cc1cc2c3c(c1)C(C)(C)c1cc4c(cc1B3c1cc(C(C)(C)C)ccc1N2c1ccc(C(C)(C)C)cc1)oc1cc(N(c2ccccc2)c2ccccc2)ccc14. The summed E-state index contributed by atoms with van der Waals surface area (Å²) in [6.45, 7) is 21.0. The first kappa shape index (κ1) is 36.4. The van der Waals surface area contributed by atoms with E-state index in [0.29, 0.717) is 0 Å². The molecule has 3 heterocycles. The average Bonchev–Trinajstić information content (AvgIpc) is 3.56. The van der Waals surface area contributed by atoms with E-state index in [4.69, 9.17) is 4.42 Å². The van der Waals surface area contributed by atoms with Crippen molar-refractivity contribution in [3.8, 4) is 0 Å². The van der Waals surface area contributed by atoms with E-state index in [0.717, 1.165) is 39.0 Å². The highest BCUT2D eigenvalue weighted by atomic mass is 16.3. The number of hydrogen-bond acceptors (Lipinski definition) is 3. The molecule has 0 aliphatic carbocycles. The van der Waals surface area contributed by atoms with Gasteiger partial charge in [0.15, 0.2) is 0 Å². The van der Waals surface area contributed by atoms with E-state index in [-0.39, 0.29) is 23.0 Å². The number of rotatable bonds is 4. The molecule has 0 saturated carbocycles. The van der Waals surface area contributed by atoms with Gasteiger partial charge in [0.2, 0.25) is 6.71 Å². The quantitative estimate of drug-likeness (QED) is 0.167. The van der Waals surface area contributed by atoms with Crippen LogP contribution in [0.1, 0.15) is 83.2 Å². The highest BCUT2D eigenvalue weighted by Crippen LogP contribution is 2.46. The van der Waals surface area contributed by atoms with E-state index < -0.39 is 0 Å². The molecule has 0 fully saturated rings. The highest BCUT2D eigenvalue weighted by Gasteiger charge is 2.47. The van der Waals surface area contributed by atoms with Gasteiger partial charge in [-0.2, -0.15) is 0 Å². The van der Waals surface area contributed by atoms with Crippen LogP contribution in [0.2, 0.25) is 0 Å². The van der Waals surface area contributed by atoms with Gasteiger partial charge >= 0.3 is 0 Å². The van der Waals surface area contributed by atoms with Crippen molar-refractivity contribution in [3.63, 3.8) is 0 Å². The second-order valence-electron chi connectivity index (χ2n) is 19.2. The van der Waals surface area contributed by atoms with Gasteiger partial charge in [0.25, 0.3) is 0 Å². The van der Waals surface area contributed by atoms with Crippen LogP contribution in [0.15, 0.2) is 150 Å². The Morgan fingerprint density at radius 2 is 1.16 bits per heavy atom. The number of aryl methyl sites for hydroxylation is 1. The van der Waals surface area contributed by atoms with Crippen molar-refractivity contribution in [2.75, 3.05) is 9.80 Å². The van der Waals surface area contributed by atoms with Gasteiger partial charge in [0.1, 0.15) is 11.2 Å². The Bertz CT molecular complexity index is 2850. The van der Waals surface area contributed by atoms with E-state index in [1.807, 2.05) is 0 Å². The number of para-hydroxylation sites is 2. The molecule has 0 unspecified atom stereocenters. The van der Waals surface area contributed by atoms with Gasteiger partial charge in [0, 0.05) is 56.4 Å². The van der Waals surface area contributed by atoms with Gasteiger partial charge in [-0.3, -0.25) is 0 Å². The molecular weight excluding hydrogens is 703 g/mol. The van der Waals surface area contributed by atoms with Crippen LogP contribution < -0.4 is 26.2 Å². The molecule has 2 aliphatic heterocycles. The maximum absolute atomic E-state index is 6.96. The number of benzene rings is 7. The van der Waals surface area contributed by atoms with E-state index in [1.165, 1.54) is 61.3 Å². The fraction of sp³-hybridized carbons (Fsp3) is 0.222. The Balaban J connectivity index is 1.20. The van der Waals surface area contributed by atoms with Crippen LogP contribution in [0.5, 0.6) is 0 Å². The van der Waals surface area contributed by atoms with Gasteiger partial charge in [-0.15, -0.1) is 0 Å². The smallest absolute Gasteiger partial charge is 0.247 e. The molecule has 0 saturated heterocycles. The Labute approximate surface area is 344 Å². The Hall–Kier alpha value is -6.00. The normalized spacial score (nSPS) is 14.4. The fourth-order valence-corrected chi connectivity index (χ4v) is 9.73. The van der Waals surface area contributed by atoms with Crippen LogP contribution in [0.25, 0.3) is 21.9 Å². The van der Waals surface area contributed by atoms with Crippen molar-refractivity contribution in [2.24, 2.45) is 0 Å². The minimum Gasteiger partial charge on any atom is -0.456 e. The Kier molecular flexibility index (Phi) is 7.99. The molecule has 0 radical (unpaired) electrons. The van der Waals surface area contributed by atoms with Crippen LogP contribution in [-0.2, 0) is 16.2 Å². The number of fused-ring (bicyclic) bond motifs is 7. The van der Waals surface area contributed by atoms with Gasteiger partial charge in [0.05, 0.1) is 0 Å². The largest absolute Gasteiger partial charge is 0.456 e. The first-order valence-corrected chi connectivity index (χ1v) is 20.8. The van der Waals surface area contributed by atoms with Crippen LogP contribution >= 0.6 is 0 Å². The number of anilines is 6. The molecule has 0 amide bonds. The Morgan fingerprint density at radius 3 is 1.79 bits per heavy atom. The maximum Gasteiger partial charge on any atom is 0.247 e. The lowest BCUT2D eigenvalue weighted by Gasteiger charge is -2.46. The monoisotopic (exact) mass is 754 g/mol. The molecule has 0 atom stereocenters. The van der Waals surface area contributed by atoms with Gasteiger partial charge in [-0.05, 0) is 129 Å². The van der Waals surface area contributed by atoms with Crippen molar-refractivity contribution in [3.05, 3.63) is 173 Å². The molecule has 58 heavy (non-hydrogen) atoms. The summed E-state index contributed by atoms with van der Waals surface area (Å²) >= 11 is 0. The zero-order chi connectivity index (χ0) is 40.3. The van der Waals surface area contributed by atoms with Gasteiger partial charge < -0.3 is 14.2 Å². The molecule has 3 nitrogen and oxygen atoms in total. The lowest BCUT2D eigenvalue weighted by Crippen LogP contribution is -2.64. The van der Waals surface area contributed by atoms with Crippen LogP contribution in [0.4, 0.5) is 34.1 Å². The molecule has 0 N–H and O–H groups in total. The molecule has 2 aliphatic rings. The molecule has 8 aromatic rings. The average molecular weight is 755 g/mol. The summed E-state index contributed by atoms with van der Waals surface area (Å²) in [6, 6.07) is 54.1. The molecule has 286 valence electrons. The summed E-state index contributed by atoms with van der Waals surface area (Å²) < 4.78 is 6.96. The van der Waals surface area contributed by atoms with E-state index in [9.17, 15) is 0 Å². The summed E-state index contributed by atoms with van der Waals surface area (Å²) in [5.41, 5.74) is 19.4. The predicted molar refractivity (Wildman–Crippen MR) is 248 cm³/mol. The van der Waals surface area contributed by atoms with E-state index in [2.05, 4.69) is 218 Å². The lowest BCUT2D eigenvalue weighted by atomic mass is 9.30. The summed E-state index contributed by atoms with van der Waals surface area (Å²) in [5.74, 6) is 0. The second-order valence-corrected chi connectivity index (χ2v) is 19.2. The van der Waals surface area contributed by atoms with E-state index >= 15 is 0 Å². The minimum atomic E-state index is -0.252. The third kappa shape index (κ3) is 5.63. The third-order valence-electron chi connectivity index (χ3n) is 12.8. The maximum atomic E-state index is 6.96. The molecule has 0 bridgehead atoms. The fourth-order valence-electron chi connectivity index (χ4n) is 9.73. The molecule has 4 heteroatoms. The first-order valence-electron chi connectivity index (χ1n) is 20.8. The molecule has 10 rings (SSSR count). The Morgan fingerprint density at radius 1 is 0.534 bits per heavy atom. The van der Waals surface area contributed by atoms with Crippen molar-refractivity contribution in [1.29, 1.82) is 0 Å². The molecule has 0 spiro atoms. The van der Waals surface area contributed by atoms with Gasteiger partial charge in [-0.25, -0.2) is 0 Å². The topological polar surface area (TPSA) is 19.6 Å².